The summed E-state index contributed by atoms with van der Waals surface area (Å²) in [5, 5.41) is 12.9. The third-order valence-corrected chi connectivity index (χ3v) is 3.38. The zero-order valence-corrected chi connectivity index (χ0v) is 14.1. The van der Waals surface area contributed by atoms with Crippen LogP contribution in [0.3, 0.4) is 0 Å². The Kier molecular flexibility index (Phi) is 6.48. The van der Waals surface area contributed by atoms with E-state index in [1.165, 1.54) is 36.4 Å². The molecule has 0 fully saturated rings. The summed E-state index contributed by atoms with van der Waals surface area (Å²) in [5.41, 5.74) is -1.58. The van der Waals surface area contributed by atoms with Gasteiger partial charge >= 0.3 is 12.1 Å². The van der Waals surface area contributed by atoms with E-state index in [1.807, 2.05) is 5.32 Å². The van der Waals surface area contributed by atoms with Gasteiger partial charge in [-0.15, -0.1) is 0 Å². The normalized spacial score (nSPS) is 11.2. The van der Waals surface area contributed by atoms with Gasteiger partial charge in [0.25, 0.3) is 11.6 Å². The largest absolute Gasteiger partial charge is 0.452 e. The fraction of sp³-hybridized carbons (Fsp3) is 0.111. The van der Waals surface area contributed by atoms with Gasteiger partial charge in [-0.3, -0.25) is 14.9 Å². The number of rotatable bonds is 6. The van der Waals surface area contributed by atoms with Crippen LogP contribution in [0.15, 0.2) is 54.6 Å². The third kappa shape index (κ3) is 5.66. The summed E-state index contributed by atoms with van der Waals surface area (Å²) in [6.07, 6.45) is -2.65. The molecule has 0 spiro atoms. The fourth-order valence-corrected chi connectivity index (χ4v) is 2.16. The number of nitrogens with zero attached hydrogens (tertiary/aromatic N) is 1. The molecule has 28 heavy (non-hydrogen) atoms. The second-order valence-electron chi connectivity index (χ2n) is 5.35. The minimum Gasteiger partial charge on any atom is -0.452 e. The first kappa shape index (κ1) is 20.6. The molecule has 0 radical (unpaired) electrons. The van der Waals surface area contributed by atoms with Crippen LogP contribution in [-0.2, 0) is 20.5 Å². The van der Waals surface area contributed by atoms with Gasteiger partial charge in [0, 0.05) is 12.1 Å². The number of halogens is 3. The summed E-state index contributed by atoms with van der Waals surface area (Å²) >= 11 is 0. The fourth-order valence-electron chi connectivity index (χ4n) is 2.16. The van der Waals surface area contributed by atoms with E-state index in [2.05, 4.69) is 4.74 Å². The van der Waals surface area contributed by atoms with Gasteiger partial charge in [0.15, 0.2) is 6.61 Å². The number of carbonyl (C=O) groups excluding carboxylic acids is 2. The molecule has 2 rings (SSSR count). The number of ether oxygens (including phenoxy) is 1. The zero-order chi connectivity index (χ0) is 20.7. The summed E-state index contributed by atoms with van der Waals surface area (Å²) < 4.78 is 43.2. The van der Waals surface area contributed by atoms with Gasteiger partial charge < -0.3 is 10.1 Å². The lowest BCUT2D eigenvalue weighted by Crippen LogP contribution is -2.22. The number of carbonyl (C=O) groups is 2. The van der Waals surface area contributed by atoms with Crippen molar-refractivity contribution in [3.8, 4) is 0 Å². The molecule has 7 nitrogen and oxygen atoms in total. The standard InChI is InChI=1S/C18H13F3N2O5/c19-18(20,21)13-6-2-3-7-14(13)22-16(24)11-28-17(25)10-9-12-5-1-4-8-15(12)23(26)27/h1-10H,11H2,(H,22,24)/b10-9+. The Bertz CT molecular complexity index is 925. The Morgan fingerprint density at radius 2 is 1.75 bits per heavy atom. The van der Waals surface area contributed by atoms with Crippen LogP contribution in [0.4, 0.5) is 24.5 Å². The van der Waals surface area contributed by atoms with E-state index in [0.29, 0.717) is 0 Å². The lowest BCUT2D eigenvalue weighted by atomic mass is 10.1. The lowest BCUT2D eigenvalue weighted by Gasteiger charge is -2.13. The smallest absolute Gasteiger partial charge is 0.418 e. The third-order valence-electron chi connectivity index (χ3n) is 3.38. The highest BCUT2D eigenvalue weighted by Crippen LogP contribution is 2.34. The number of anilines is 1. The number of esters is 1. The van der Waals surface area contributed by atoms with Crippen molar-refractivity contribution in [2.75, 3.05) is 11.9 Å². The summed E-state index contributed by atoms with van der Waals surface area (Å²) in [4.78, 5) is 33.6. The van der Waals surface area contributed by atoms with Crippen LogP contribution in [0.25, 0.3) is 6.08 Å². The molecule has 0 aliphatic carbocycles. The molecule has 1 amide bonds. The Morgan fingerprint density at radius 3 is 2.43 bits per heavy atom. The minimum absolute atomic E-state index is 0.146. The maximum absolute atomic E-state index is 12.9. The number of nitro groups is 1. The van der Waals surface area contributed by atoms with E-state index in [4.69, 9.17) is 0 Å². The highest BCUT2D eigenvalue weighted by Gasteiger charge is 2.33. The van der Waals surface area contributed by atoms with E-state index < -0.39 is 40.8 Å². The van der Waals surface area contributed by atoms with Crippen molar-refractivity contribution in [1.29, 1.82) is 0 Å². The first-order valence-electron chi connectivity index (χ1n) is 7.73. The summed E-state index contributed by atoms with van der Waals surface area (Å²) in [6.45, 7) is -0.827. The molecule has 0 aromatic heterocycles. The van der Waals surface area contributed by atoms with Gasteiger partial charge in [-0.2, -0.15) is 13.2 Å². The second kappa shape index (κ2) is 8.80. The van der Waals surface area contributed by atoms with Gasteiger partial charge in [-0.1, -0.05) is 24.3 Å². The van der Waals surface area contributed by atoms with Crippen molar-refractivity contribution in [3.05, 3.63) is 75.8 Å². The van der Waals surface area contributed by atoms with Gasteiger partial charge in [0.1, 0.15) is 0 Å². The maximum Gasteiger partial charge on any atom is 0.418 e. The van der Waals surface area contributed by atoms with Crippen LogP contribution >= 0.6 is 0 Å². The quantitative estimate of drug-likeness (QED) is 0.348. The average molecular weight is 394 g/mol. The van der Waals surface area contributed by atoms with E-state index in [0.717, 1.165) is 24.3 Å². The average Bonchev–Trinajstić information content (AvgIpc) is 2.64. The van der Waals surface area contributed by atoms with Crippen molar-refractivity contribution >= 4 is 29.3 Å². The molecule has 0 saturated heterocycles. The monoisotopic (exact) mass is 394 g/mol. The molecule has 146 valence electrons. The van der Waals surface area contributed by atoms with Gasteiger partial charge in [0.2, 0.25) is 0 Å². The molecule has 0 unspecified atom stereocenters. The number of para-hydroxylation sites is 2. The Labute approximate surface area is 156 Å². The summed E-state index contributed by atoms with van der Waals surface area (Å²) in [6, 6.07) is 9.99. The predicted octanol–water partition coefficient (Wildman–Crippen LogP) is 3.81. The molecule has 1 N–H and O–H groups in total. The van der Waals surface area contributed by atoms with E-state index in [1.54, 1.807) is 0 Å². The molecule has 0 atom stereocenters. The highest BCUT2D eigenvalue weighted by molar-refractivity contribution is 5.95. The minimum atomic E-state index is -4.66. The lowest BCUT2D eigenvalue weighted by molar-refractivity contribution is -0.385. The zero-order valence-electron chi connectivity index (χ0n) is 14.1. The van der Waals surface area contributed by atoms with Crippen LogP contribution in [0, 0.1) is 10.1 Å². The van der Waals surface area contributed by atoms with Gasteiger partial charge in [-0.25, -0.2) is 4.79 Å². The second-order valence-corrected chi connectivity index (χ2v) is 5.35. The number of amides is 1. The van der Waals surface area contributed by atoms with Crippen LogP contribution in [-0.4, -0.2) is 23.4 Å². The number of alkyl halides is 3. The number of hydrogen-bond donors (Lipinski definition) is 1. The van der Waals surface area contributed by atoms with Crippen molar-refractivity contribution in [2.24, 2.45) is 0 Å². The maximum atomic E-state index is 12.9. The first-order chi connectivity index (χ1) is 13.2. The molecule has 0 saturated carbocycles. The Morgan fingerprint density at radius 1 is 1.11 bits per heavy atom. The van der Waals surface area contributed by atoms with Crippen molar-refractivity contribution in [1.82, 2.24) is 0 Å². The molecule has 10 heteroatoms. The number of benzene rings is 2. The van der Waals surface area contributed by atoms with Crippen molar-refractivity contribution < 1.29 is 32.4 Å². The van der Waals surface area contributed by atoms with Crippen molar-refractivity contribution in [3.63, 3.8) is 0 Å². The molecule has 0 aliphatic rings. The van der Waals surface area contributed by atoms with Crippen LogP contribution in [0.1, 0.15) is 11.1 Å². The van der Waals surface area contributed by atoms with Crippen molar-refractivity contribution in [2.45, 2.75) is 6.18 Å². The molecular weight excluding hydrogens is 381 g/mol. The topological polar surface area (TPSA) is 98.5 Å². The SMILES string of the molecule is O=C(COC(=O)/C=C/c1ccccc1[N+](=O)[O-])Nc1ccccc1C(F)(F)F. The molecule has 0 heterocycles. The number of nitro benzene ring substituents is 1. The van der Waals surface area contributed by atoms with E-state index in [-0.39, 0.29) is 11.3 Å². The molecular formula is C18H13F3N2O5. The summed E-state index contributed by atoms with van der Waals surface area (Å²) in [7, 11) is 0. The number of hydrogen-bond acceptors (Lipinski definition) is 5. The van der Waals surface area contributed by atoms with E-state index in [9.17, 15) is 32.9 Å². The highest BCUT2D eigenvalue weighted by atomic mass is 19.4. The Balaban J connectivity index is 1.95. The Hall–Kier alpha value is -3.69. The van der Waals surface area contributed by atoms with Crippen LogP contribution in [0.2, 0.25) is 0 Å². The van der Waals surface area contributed by atoms with Gasteiger partial charge in [0.05, 0.1) is 21.7 Å². The van der Waals surface area contributed by atoms with Crippen LogP contribution in [0.5, 0.6) is 0 Å². The molecule has 2 aromatic carbocycles. The van der Waals surface area contributed by atoms with Gasteiger partial charge in [-0.05, 0) is 24.3 Å². The summed E-state index contributed by atoms with van der Waals surface area (Å²) in [5.74, 6) is -1.96. The predicted molar refractivity (Wildman–Crippen MR) is 93.2 cm³/mol. The molecule has 0 aliphatic heterocycles. The molecule has 2 aromatic rings. The van der Waals surface area contributed by atoms with E-state index >= 15 is 0 Å². The molecule has 0 bridgehead atoms. The number of nitrogens with one attached hydrogen (secondary N) is 1. The van der Waals surface area contributed by atoms with Crippen LogP contribution < -0.4 is 5.32 Å². The first-order valence-corrected chi connectivity index (χ1v) is 7.73.